The number of aromatic amines is 1. The Bertz CT molecular complexity index is 947. The van der Waals surface area contributed by atoms with E-state index in [-0.39, 0.29) is 30.1 Å². The molecule has 2 unspecified atom stereocenters. The molecule has 0 aromatic carbocycles. The Morgan fingerprint density at radius 3 is 3.04 bits per heavy atom. The molecular formula is C16H21N7O5. The lowest BCUT2D eigenvalue weighted by Gasteiger charge is -2.21. The van der Waals surface area contributed by atoms with E-state index in [2.05, 4.69) is 19.9 Å². The summed E-state index contributed by atoms with van der Waals surface area (Å²) in [7, 11) is 3.55. The quantitative estimate of drug-likeness (QED) is 0.302. The number of imidazole rings is 1. The van der Waals surface area contributed by atoms with E-state index in [1.54, 1.807) is 19.0 Å². The van der Waals surface area contributed by atoms with Crippen molar-refractivity contribution in [3.05, 3.63) is 16.7 Å². The molecule has 0 bridgehead atoms. The predicted octanol–water partition coefficient (Wildman–Crippen LogP) is -1.11. The Hall–Kier alpha value is -2.85. The molecule has 0 spiro atoms. The Labute approximate surface area is 159 Å². The van der Waals surface area contributed by atoms with Gasteiger partial charge in [0, 0.05) is 14.1 Å². The highest BCUT2D eigenvalue weighted by atomic mass is 16.6. The van der Waals surface area contributed by atoms with Crippen LogP contribution in [0.15, 0.2) is 16.1 Å². The standard InChI is InChI=1S/C16H21N7O5/c1-22(2)7-19-16-20-13-10(14(26)21-16)18-8-23(13)15-12(27-5-3-4-17)11(25)9(6-24)28-15/h7-9,11-12,15,24-25H,3,5-6H2,1-2H3,(H,20,21,26)/t9-,11?,12?,15-/m1/s1. The summed E-state index contributed by atoms with van der Waals surface area (Å²) < 4.78 is 12.8. The average Bonchev–Trinajstić information content (AvgIpc) is 3.22. The summed E-state index contributed by atoms with van der Waals surface area (Å²) in [5, 5.41) is 28.6. The number of fused-ring (bicyclic) bond motifs is 1. The molecule has 4 atom stereocenters. The highest BCUT2D eigenvalue weighted by Gasteiger charge is 2.45. The van der Waals surface area contributed by atoms with Gasteiger partial charge in [-0.1, -0.05) is 0 Å². The molecule has 2 aromatic heterocycles. The molecule has 1 aliphatic heterocycles. The first-order valence-corrected chi connectivity index (χ1v) is 8.56. The van der Waals surface area contributed by atoms with Gasteiger partial charge in [-0.25, -0.2) is 9.98 Å². The third-order valence-corrected chi connectivity index (χ3v) is 4.12. The molecule has 0 radical (unpaired) electrons. The number of ether oxygens (including phenoxy) is 2. The molecular weight excluding hydrogens is 370 g/mol. The van der Waals surface area contributed by atoms with Crippen LogP contribution < -0.4 is 5.56 Å². The second-order valence-electron chi connectivity index (χ2n) is 6.40. The molecule has 28 heavy (non-hydrogen) atoms. The molecule has 0 aliphatic carbocycles. The Balaban J connectivity index is 2.00. The second kappa shape index (κ2) is 8.44. The van der Waals surface area contributed by atoms with Crippen LogP contribution >= 0.6 is 0 Å². The van der Waals surface area contributed by atoms with Crippen LogP contribution in [0.5, 0.6) is 0 Å². The van der Waals surface area contributed by atoms with Crippen LogP contribution in [0.4, 0.5) is 5.95 Å². The minimum Gasteiger partial charge on any atom is -0.394 e. The van der Waals surface area contributed by atoms with Crippen LogP contribution in [0.2, 0.25) is 0 Å². The highest BCUT2D eigenvalue weighted by Crippen LogP contribution is 2.33. The lowest BCUT2D eigenvalue weighted by Crippen LogP contribution is -2.35. The molecule has 150 valence electrons. The fraction of sp³-hybridized carbons (Fsp3) is 0.562. The largest absolute Gasteiger partial charge is 0.394 e. The summed E-state index contributed by atoms with van der Waals surface area (Å²) in [6.07, 6.45) is -0.817. The molecule has 3 heterocycles. The van der Waals surface area contributed by atoms with Gasteiger partial charge in [-0.15, -0.1) is 0 Å². The van der Waals surface area contributed by atoms with Crippen LogP contribution in [-0.2, 0) is 9.47 Å². The van der Waals surface area contributed by atoms with Crippen molar-refractivity contribution in [2.45, 2.75) is 31.0 Å². The van der Waals surface area contributed by atoms with Crippen molar-refractivity contribution in [3.8, 4) is 6.07 Å². The smallest absolute Gasteiger partial charge is 0.280 e. The Morgan fingerprint density at radius 1 is 1.57 bits per heavy atom. The highest BCUT2D eigenvalue weighted by molar-refractivity contribution is 5.71. The lowest BCUT2D eigenvalue weighted by molar-refractivity contribution is -0.0693. The zero-order chi connectivity index (χ0) is 20.3. The topological polar surface area (TPSA) is 162 Å². The first kappa shape index (κ1) is 19.9. The zero-order valence-corrected chi connectivity index (χ0v) is 15.4. The molecule has 1 fully saturated rings. The van der Waals surface area contributed by atoms with Gasteiger partial charge < -0.3 is 24.6 Å². The summed E-state index contributed by atoms with van der Waals surface area (Å²) >= 11 is 0. The van der Waals surface area contributed by atoms with Gasteiger partial charge in [0.25, 0.3) is 5.56 Å². The van der Waals surface area contributed by atoms with E-state index in [0.717, 1.165) is 0 Å². The minimum atomic E-state index is -1.13. The number of aromatic nitrogens is 4. The summed E-state index contributed by atoms with van der Waals surface area (Å²) in [5.74, 6) is 0.0761. The lowest BCUT2D eigenvalue weighted by atomic mass is 10.1. The summed E-state index contributed by atoms with van der Waals surface area (Å²) in [6, 6.07) is 1.96. The third kappa shape index (κ3) is 3.87. The molecule has 3 N–H and O–H groups in total. The Morgan fingerprint density at radius 2 is 2.36 bits per heavy atom. The average molecular weight is 391 g/mol. The predicted molar refractivity (Wildman–Crippen MR) is 97.0 cm³/mol. The molecule has 3 rings (SSSR count). The fourth-order valence-corrected chi connectivity index (χ4v) is 2.85. The van der Waals surface area contributed by atoms with Crippen molar-refractivity contribution in [2.24, 2.45) is 4.99 Å². The first-order valence-electron chi connectivity index (χ1n) is 8.56. The van der Waals surface area contributed by atoms with E-state index >= 15 is 0 Å². The molecule has 0 saturated carbocycles. The van der Waals surface area contributed by atoms with Gasteiger partial charge in [0.05, 0.1) is 38.4 Å². The van der Waals surface area contributed by atoms with Crippen LogP contribution in [0.25, 0.3) is 11.2 Å². The summed E-state index contributed by atoms with van der Waals surface area (Å²) in [4.78, 5) is 29.0. The van der Waals surface area contributed by atoms with Crippen molar-refractivity contribution in [1.82, 2.24) is 24.4 Å². The van der Waals surface area contributed by atoms with E-state index in [4.69, 9.17) is 14.7 Å². The van der Waals surface area contributed by atoms with E-state index in [0.29, 0.717) is 0 Å². The molecule has 12 heteroatoms. The molecule has 1 aliphatic rings. The molecule has 0 amide bonds. The van der Waals surface area contributed by atoms with Gasteiger partial charge in [-0.3, -0.25) is 14.3 Å². The maximum absolute atomic E-state index is 12.3. The monoisotopic (exact) mass is 391 g/mol. The fourth-order valence-electron chi connectivity index (χ4n) is 2.85. The van der Waals surface area contributed by atoms with Crippen molar-refractivity contribution < 1.29 is 19.7 Å². The molecule has 1 saturated heterocycles. The third-order valence-electron chi connectivity index (χ3n) is 4.12. The number of aliphatic imine (C=N–C) groups is 1. The number of aliphatic hydroxyl groups is 2. The van der Waals surface area contributed by atoms with Gasteiger partial charge in [-0.2, -0.15) is 10.2 Å². The van der Waals surface area contributed by atoms with Crippen LogP contribution in [0.3, 0.4) is 0 Å². The summed E-state index contributed by atoms with van der Waals surface area (Å²) in [6.45, 7) is -0.343. The zero-order valence-electron chi connectivity index (χ0n) is 15.4. The molecule has 2 aromatic rings. The van der Waals surface area contributed by atoms with E-state index in [1.165, 1.54) is 17.2 Å². The number of nitrogens with zero attached hydrogens (tertiary/aromatic N) is 6. The number of nitriles is 1. The van der Waals surface area contributed by atoms with Gasteiger partial charge in [0.2, 0.25) is 5.95 Å². The number of hydrogen-bond donors (Lipinski definition) is 3. The van der Waals surface area contributed by atoms with Crippen molar-refractivity contribution in [3.63, 3.8) is 0 Å². The maximum Gasteiger partial charge on any atom is 0.280 e. The SMILES string of the molecule is CN(C)C=Nc1nc2c(ncn2[C@@H]2O[C@H](CO)C(O)C2OCCC#N)c(=O)[nH]1. The maximum atomic E-state index is 12.3. The number of hydrogen-bond acceptors (Lipinski definition) is 9. The van der Waals surface area contributed by atoms with E-state index < -0.39 is 36.7 Å². The van der Waals surface area contributed by atoms with Gasteiger partial charge >= 0.3 is 0 Å². The second-order valence-corrected chi connectivity index (χ2v) is 6.40. The molecule has 12 nitrogen and oxygen atoms in total. The Kier molecular flexibility index (Phi) is 6.00. The number of aliphatic hydroxyl groups excluding tert-OH is 2. The van der Waals surface area contributed by atoms with Crippen molar-refractivity contribution in [2.75, 3.05) is 27.3 Å². The summed E-state index contributed by atoms with van der Waals surface area (Å²) in [5.41, 5.74) is -0.210. The normalized spacial score (nSPS) is 24.8. The first-order chi connectivity index (χ1) is 13.5. The van der Waals surface area contributed by atoms with Crippen molar-refractivity contribution in [1.29, 1.82) is 5.26 Å². The van der Waals surface area contributed by atoms with Gasteiger partial charge in [0.15, 0.2) is 17.4 Å². The van der Waals surface area contributed by atoms with E-state index in [1.807, 2.05) is 6.07 Å². The van der Waals surface area contributed by atoms with Crippen molar-refractivity contribution >= 4 is 23.5 Å². The van der Waals surface area contributed by atoms with Gasteiger partial charge in [-0.05, 0) is 0 Å². The van der Waals surface area contributed by atoms with Crippen LogP contribution in [0.1, 0.15) is 12.6 Å². The van der Waals surface area contributed by atoms with E-state index in [9.17, 15) is 15.0 Å². The number of H-pyrrole nitrogens is 1. The number of nitrogens with one attached hydrogen (secondary N) is 1. The van der Waals surface area contributed by atoms with Crippen LogP contribution in [0, 0.1) is 11.3 Å². The van der Waals surface area contributed by atoms with Crippen LogP contribution in [-0.4, -0.2) is 86.6 Å². The minimum absolute atomic E-state index is 0.0742. The number of rotatable bonds is 7. The van der Waals surface area contributed by atoms with Gasteiger partial charge in [0.1, 0.15) is 18.3 Å².